The van der Waals surface area contributed by atoms with Crippen molar-refractivity contribution >= 4 is 17.3 Å². The molecule has 2 heterocycles. The molecule has 0 unspecified atom stereocenters. The minimum absolute atomic E-state index is 0.0532. The molecule has 2 aromatic heterocycles. The number of pyridine rings is 1. The molecule has 17 heavy (non-hydrogen) atoms. The van der Waals surface area contributed by atoms with Crippen LogP contribution in [0, 0.1) is 0 Å². The Bertz CT molecular complexity index is 554. The van der Waals surface area contributed by atoms with Gasteiger partial charge in [-0.25, -0.2) is 18.6 Å². The van der Waals surface area contributed by atoms with Gasteiger partial charge in [0.1, 0.15) is 5.69 Å². The number of aromatic carboxylic acids is 1. The van der Waals surface area contributed by atoms with Gasteiger partial charge in [0, 0.05) is 0 Å². The van der Waals surface area contributed by atoms with Crippen LogP contribution >= 0.6 is 11.3 Å². The number of carboxylic acids is 1. The SMILES string of the molecule is O=C(O)c1cccc(-c2ccc(C(F)F)s2)n1. The third kappa shape index (κ3) is 2.47. The molecular formula is C11H7F2NO2S. The highest BCUT2D eigenvalue weighted by Crippen LogP contribution is 2.32. The third-order valence-electron chi connectivity index (χ3n) is 2.06. The zero-order valence-electron chi connectivity index (χ0n) is 8.43. The van der Waals surface area contributed by atoms with E-state index < -0.39 is 12.4 Å². The zero-order chi connectivity index (χ0) is 12.4. The molecule has 2 rings (SSSR count). The Labute approximate surface area is 99.4 Å². The molecular weight excluding hydrogens is 248 g/mol. The molecule has 0 fully saturated rings. The van der Waals surface area contributed by atoms with Crippen molar-refractivity contribution in [2.75, 3.05) is 0 Å². The molecule has 0 saturated heterocycles. The highest BCUT2D eigenvalue weighted by atomic mass is 32.1. The predicted octanol–water partition coefficient (Wildman–Crippen LogP) is 3.45. The molecule has 3 nitrogen and oxygen atoms in total. The number of carbonyl (C=O) groups is 1. The average Bonchev–Trinajstić information content (AvgIpc) is 2.78. The molecule has 0 bridgehead atoms. The van der Waals surface area contributed by atoms with Crippen molar-refractivity contribution in [3.63, 3.8) is 0 Å². The van der Waals surface area contributed by atoms with Gasteiger partial charge in [0.15, 0.2) is 0 Å². The van der Waals surface area contributed by atoms with Crippen molar-refractivity contribution in [2.24, 2.45) is 0 Å². The van der Waals surface area contributed by atoms with Crippen molar-refractivity contribution in [2.45, 2.75) is 6.43 Å². The smallest absolute Gasteiger partial charge is 0.354 e. The van der Waals surface area contributed by atoms with E-state index in [4.69, 9.17) is 5.11 Å². The Morgan fingerprint density at radius 1 is 1.29 bits per heavy atom. The summed E-state index contributed by atoms with van der Waals surface area (Å²) in [6, 6.07) is 7.31. The van der Waals surface area contributed by atoms with E-state index in [1.165, 1.54) is 24.3 Å². The topological polar surface area (TPSA) is 50.2 Å². The lowest BCUT2D eigenvalue weighted by Gasteiger charge is -1.98. The van der Waals surface area contributed by atoms with Gasteiger partial charge in [0.25, 0.3) is 6.43 Å². The molecule has 0 aliphatic heterocycles. The summed E-state index contributed by atoms with van der Waals surface area (Å²) in [5.74, 6) is -1.14. The van der Waals surface area contributed by atoms with Crippen molar-refractivity contribution in [1.29, 1.82) is 0 Å². The van der Waals surface area contributed by atoms with E-state index in [9.17, 15) is 13.6 Å². The second-order valence-corrected chi connectivity index (χ2v) is 4.33. The monoisotopic (exact) mass is 255 g/mol. The van der Waals surface area contributed by atoms with Gasteiger partial charge in [0.05, 0.1) is 15.4 Å². The van der Waals surface area contributed by atoms with Gasteiger partial charge in [0.2, 0.25) is 0 Å². The number of alkyl halides is 2. The van der Waals surface area contributed by atoms with E-state index >= 15 is 0 Å². The second-order valence-electron chi connectivity index (χ2n) is 3.22. The van der Waals surface area contributed by atoms with Crippen LogP contribution in [0.4, 0.5) is 8.78 Å². The first-order chi connectivity index (χ1) is 8.08. The van der Waals surface area contributed by atoms with Crippen LogP contribution in [-0.4, -0.2) is 16.1 Å². The van der Waals surface area contributed by atoms with Crippen molar-refractivity contribution in [3.8, 4) is 10.6 Å². The normalized spacial score (nSPS) is 10.8. The number of carboxylic acid groups (broad SMARTS) is 1. The molecule has 0 atom stereocenters. The fourth-order valence-corrected chi connectivity index (χ4v) is 2.13. The minimum atomic E-state index is -2.52. The number of hydrogen-bond donors (Lipinski definition) is 1. The molecule has 0 amide bonds. The molecule has 0 aromatic carbocycles. The Morgan fingerprint density at radius 3 is 2.65 bits per heavy atom. The second kappa shape index (κ2) is 4.58. The Morgan fingerprint density at radius 2 is 2.06 bits per heavy atom. The van der Waals surface area contributed by atoms with Crippen LogP contribution in [-0.2, 0) is 0 Å². The first kappa shape index (κ1) is 11.7. The van der Waals surface area contributed by atoms with Crippen molar-refractivity contribution < 1.29 is 18.7 Å². The average molecular weight is 255 g/mol. The van der Waals surface area contributed by atoms with E-state index in [-0.39, 0.29) is 10.6 Å². The molecule has 6 heteroatoms. The van der Waals surface area contributed by atoms with Gasteiger partial charge in [-0.05, 0) is 24.3 Å². The Hall–Kier alpha value is -1.82. The van der Waals surface area contributed by atoms with Crippen molar-refractivity contribution in [3.05, 3.63) is 40.9 Å². The summed E-state index contributed by atoms with van der Waals surface area (Å²) < 4.78 is 24.8. The van der Waals surface area contributed by atoms with Gasteiger partial charge in [-0.15, -0.1) is 11.3 Å². The number of halogens is 2. The van der Waals surface area contributed by atoms with E-state index in [0.29, 0.717) is 10.6 Å². The molecule has 2 aromatic rings. The molecule has 88 valence electrons. The molecule has 0 spiro atoms. The fraction of sp³-hybridized carbons (Fsp3) is 0.0909. The molecule has 1 N–H and O–H groups in total. The molecule has 0 saturated carbocycles. The predicted molar refractivity (Wildman–Crippen MR) is 59.5 cm³/mol. The van der Waals surface area contributed by atoms with Crippen LogP contribution in [0.3, 0.4) is 0 Å². The van der Waals surface area contributed by atoms with Gasteiger partial charge in [-0.2, -0.15) is 0 Å². The Kier molecular flexibility index (Phi) is 3.14. The molecule has 0 aliphatic carbocycles. The van der Waals surface area contributed by atoms with E-state index in [2.05, 4.69) is 4.98 Å². The molecule has 0 aliphatic rings. The highest BCUT2D eigenvalue weighted by Gasteiger charge is 2.13. The highest BCUT2D eigenvalue weighted by molar-refractivity contribution is 7.15. The van der Waals surface area contributed by atoms with E-state index in [0.717, 1.165) is 11.3 Å². The third-order valence-corrected chi connectivity index (χ3v) is 3.18. The maximum Gasteiger partial charge on any atom is 0.354 e. The van der Waals surface area contributed by atoms with Gasteiger partial charge < -0.3 is 5.11 Å². The number of nitrogens with zero attached hydrogens (tertiary/aromatic N) is 1. The van der Waals surface area contributed by atoms with Gasteiger partial charge in [-0.3, -0.25) is 0 Å². The van der Waals surface area contributed by atoms with Crippen LogP contribution in [0.1, 0.15) is 21.8 Å². The van der Waals surface area contributed by atoms with E-state index in [1.807, 2.05) is 0 Å². The van der Waals surface area contributed by atoms with Crippen LogP contribution in [0.15, 0.2) is 30.3 Å². The summed E-state index contributed by atoms with van der Waals surface area (Å²) in [7, 11) is 0. The molecule has 0 radical (unpaired) electrons. The number of rotatable bonds is 3. The van der Waals surface area contributed by atoms with Crippen LogP contribution < -0.4 is 0 Å². The number of hydrogen-bond acceptors (Lipinski definition) is 3. The van der Waals surface area contributed by atoms with E-state index in [1.54, 1.807) is 6.07 Å². The standard InChI is InChI=1S/C11H7F2NO2S/c12-10(13)9-5-4-8(17-9)6-2-1-3-7(14-6)11(15)16/h1-5,10H,(H,15,16). The number of aromatic nitrogens is 1. The first-order valence-electron chi connectivity index (χ1n) is 4.66. The summed E-state index contributed by atoms with van der Waals surface area (Å²) in [6.07, 6.45) is -2.52. The van der Waals surface area contributed by atoms with Crippen LogP contribution in [0.25, 0.3) is 10.6 Å². The lowest BCUT2D eigenvalue weighted by molar-refractivity contribution is 0.0690. The summed E-state index contributed by atoms with van der Waals surface area (Å²) in [4.78, 5) is 15.1. The maximum absolute atomic E-state index is 12.4. The fourth-order valence-electron chi connectivity index (χ4n) is 1.30. The van der Waals surface area contributed by atoms with Gasteiger partial charge in [-0.1, -0.05) is 6.07 Å². The summed E-state index contributed by atoms with van der Waals surface area (Å²) in [6.45, 7) is 0. The summed E-state index contributed by atoms with van der Waals surface area (Å²) >= 11 is 0.909. The lowest BCUT2D eigenvalue weighted by atomic mass is 10.2. The quantitative estimate of drug-likeness (QED) is 0.913. The largest absolute Gasteiger partial charge is 0.477 e. The Balaban J connectivity index is 2.38. The summed E-state index contributed by atoms with van der Waals surface area (Å²) in [5.41, 5.74) is 0.288. The van der Waals surface area contributed by atoms with Crippen LogP contribution in [0.5, 0.6) is 0 Å². The number of thiophene rings is 1. The first-order valence-corrected chi connectivity index (χ1v) is 5.48. The minimum Gasteiger partial charge on any atom is -0.477 e. The van der Waals surface area contributed by atoms with Gasteiger partial charge >= 0.3 is 5.97 Å². The van der Waals surface area contributed by atoms with Crippen LogP contribution in [0.2, 0.25) is 0 Å². The van der Waals surface area contributed by atoms with Crippen molar-refractivity contribution in [1.82, 2.24) is 4.98 Å². The summed E-state index contributed by atoms with van der Waals surface area (Å²) in [5, 5.41) is 8.77. The maximum atomic E-state index is 12.4. The lowest BCUT2D eigenvalue weighted by Crippen LogP contribution is -1.99. The zero-order valence-corrected chi connectivity index (χ0v) is 9.25.